The van der Waals surface area contributed by atoms with Gasteiger partial charge in [0, 0.05) is 31.1 Å². The number of nitrogens with zero attached hydrogens (tertiary/aromatic N) is 3. The first-order valence-corrected chi connectivity index (χ1v) is 10.1. The van der Waals surface area contributed by atoms with E-state index in [2.05, 4.69) is 36.0 Å². The molecule has 0 unspecified atom stereocenters. The third-order valence-corrected chi connectivity index (χ3v) is 6.26. The molecule has 5 nitrogen and oxygen atoms in total. The second kappa shape index (κ2) is 7.94. The summed E-state index contributed by atoms with van der Waals surface area (Å²) in [6.45, 7) is 10.1. The van der Waals surface area contributed by atoms with Gasteiger partial charge in [0.15, 0.2) is 5.13 Å². The Morgan fingerprint density at radius 3 is 2.58 bits per heavy atom. The number of carbonyl (C=O) groups is 1. The quantitative estimate of drug-likeness (QED) is 0.845. The molecule has 0 saturated carbocycles. The van der Waals surface area contributed by atoms with Crippen molar-refractivity contribution in [1.29, 1.82) is 0 Å². The molecule has 0 spiro atoms. The zero-order chi connectivity index (χ0) is 18.8. The summed E-state index contributed by atoms with van der Waals surface area (Å²) in [6, 6.07) is 5.61. The summed E-state index contributed by atoms with van der Waals surface area (Å²) in [7, 11) is 2.13. The Kier molecular flexibility index (Phi) is 5.85. The largest absolute Gasteiger partial charge is 0.346 e. The molecule has 1 aromatic heterocycles. The molecule has 1 amide bonds. The molecule has 140 valence electrons. The van der Waals surface area contributed by atoms with Crippen LogP contribution in [-0.2, 0) is 0 Å². The van der Waals surface area contributed by atoms with E-state index in [-0.39, 0.29) is 11.8 Å². The van der Waals surface area contributed by atoms with E-state index in [1.54, 1.807) is 11.3 Å². The highest BCUT2D eigenvalue weighted by Crippen LogP contribution is 2.33. The van der Waals surface area contributed by atoms with Crippen LogP contribution in [0.3, 0.4) is 0 Å². The maximum Gasteiger partial charge on any atom is 0.275 e. The van der Waals surface area contributed by atoms with Crippen LogP contribution >= 0.6 is 22.9 Å². The summed E-state index contributed by atoms with van der Waals surface area (Å²) in [5, 5.41) is 4.39. The minimum absolute atomic E-state index is 0.198. The fourth-order valence-corrected chi connectivity index (χ4v) is 4.31. The van der Waals surface area contributed by atoms with E-state index >= 15 is 0 Å². The van der Waals surface area contributed by atoms with E-state index in [0.29, 0.717) is 16.4 Å². The highest BCUT2D eigenvalue weighted by molar-refractivity contribution is 7.16. The van der Waals surface area contributed by atoms with Gasteiger partial charge in [0.25, 0.3) is 5.91 Å². The van der Waals surface area contributed by atoms with Crippen LogP contribution in [0.5, 0.6) is 0 Å². The van der Waals surface area contributed by atoms with Gasteiger partial charge in [0.05, 0.1) is 10.7 Å². The SMILES string of the molecule is Cc1ccc(NC(=O)c2nc(N3CCN(C)CC3)sc2C(C)C)c(Cl)c1. The average Bonchev–Trinajstić information content (AvgIpc) is 3.04. The fraction of sp³-hybridized carbons (Fsp3) is 0.474. The van der Waals surface area contributed by atoms with Crippen LogP contribution in [0.1, 0.15) is 40.7 Å². The predicted molar refractivity (Wildman–Crippen MR) is 110 cm³/mol. The Morgan fingerprint density at radius 1 is 1.27 bits per heavy atom. The van der Waals surface area contributed by atoms with Gasteiger partial charge in [-0.3, -0.25) is 4.79 Å². The van der Waals surface area contributed by atoms with E-state index in [9.17, 15) is 4.79 Å². The number of aromatic nitrogens is 1. The topological polar surface area (TPSA) is 48.5 Å². The Labute approximate surface area is 164 Å². The van der Waals surface area contributed by atoms with E-state index < -0.39 is 0 Å². The minimum atomic E-state index is -0.198. The van der Waals surface area contributed by atoms with Crippen LogP contribution in [0.2, 0.25) is 5.02 Å². The number of piperazine rings is 1. The molecule has 0 bridgehead atoms. The van der Waals surface area contributed by atoms with Crippen molar-refractivity contribution in [3.63, 3.8) is 0 Å². The molecule has 1 aliphatic heterocycles. The monoisotopic (exact) mass is 392 g/mol. The maximum absolute atomic E-state index is 12.9. The first kappa shape index (κ1) is 19.1. The van der Waals surface area contributed by atoms with Crippen LogP contribution < -0.4 is 10.2 Å². The van der Waals surface area contributed by atoms with Crippen molar-refractivity contribution in [2.75, 3.05) is 43.4 Å². The van der Waals surface area contributed by atoms with Crippen molar-refractivity contribution in [3.8, 4) is 0 Å². The number of amides is 1. The number of anilines is 2. The minimum Gasteiger partial charge on any atom is -0.346 e. The molecule has 1 fully saturated rings. The summed E-state index contributed by atoms with van der Waals surface area (Å²) in [5.74, 6) is 0.0408. The van der Waals surface area contributed by atoms with Crippen LogP contribution in [0.15, 0.2) is 18.2 Å². The third-order valence-electron chi connectivity index (χ3n) is 4.53. The molecule has 2 aromatic rings. The van der Waals surface area contributed by atoms with Gasteiger partial charge in [0.1, 0.15) is 5.69 Å². The average molecular weight is 393 g/mol. The molecular weight excluding hydrogens is 368 g/mol. The van der Waals surface area contributed by atoms with Gasteiger partial charge < -0.3 is 15.1 Å². The lowest BCUT2D eigenvalue weighted by Crippen LogP contribution is -2.44. The fourth-order valence-electron chi connectivity index (χ4n) is 2.91. The van der Waals surface area contributed by atoms with Crippen LogP contribution in [0, 0.1) is 6.92 Å². The highest BCUT2D eigenvalue weighted by Gasteiger charge is 2.25. The number of benzene rings is 1. The maximum atomic E-state index is 12.9. The summed E-state index contributed by atoms with van der Waals surface area (Å²) in [5.41, 5.74) is 2.18. The molecule has 0 radical (unpaired) electrons. The number of carbonyl (C=O) groups excluding carboxylic acids is 1. The Hall–Kier alpha value is -1.63. The van der Waals surface area contributed by atoms with Crippen molar-refractivity contribution in [1.82, 2.24) is 9.88 Å². The van der Waals surface area contributed by atoms with Crippen LogP contribution in [-0.4, -0.2) is 49.0 Å². The molecule has 1 aromatic carbocycles. The first-order valence-electron chi connectivity index (χ1n) is 8.87. The first-order chi connectivity index (χ1) is 12.3. The van der Waals surface area contributed by atoms with Gasteiger partial charge >= 0.3 is 0 Å². The van der Waals surface area contributed by atoms with E-state index in [0.717, 1.165) is 41.8 Å². The summed E-state index contributed by atoms with van der Waals surface area (Å²) in [4.78, 5) is 23.2. The number of halogens is 1. The summed E-state index contributed by atoms with van der Waals surface area (Å²) < 4.78 is 0. The van der Waals surface area contributed by atoms with Crippen molar-refractivity contribution in [2.45, 2.75) is 26.7 Å². The Morgan fingerprint density at radius 2 is 1.96 bits per heavy atom. The highest BCUT2D eigenvalue weighted by atomic mass is 35.5. The third kappa shape index (κ3) is 4.19. The van der Waals surface area contributed by atoms with Gasteiger partial charge in [-0.05, 0) is 37.6 Å². The Bertz CT molecular complexity index is 797. The number of rotatable bonds is 4. The molecule has 2 heterocycles. The molecule has 1 N–H and O–H groups in total. The van der Waals surface area contributed by atoms with Gasteiger partial charge in [-0.15, -0.1) is 11.3 Å². The number of likely N-dealkylation sites (N-methyl/N-ethyl adjacent to an activating group) is 1. The lowest BCUT2D eigenvalue weighted by Gasteiger charge is -2.32. The molecule has 3 rings (SSSR count). The molecule has 0 aliphatic carbocycles. The Balaban J connectivity index is 1.84. The molecule has 7 heteroatoms. The van der Waals surface area contributed by atoms with Crippen LogP contribution in [0.25, 0.3) is 0 Å². The number of aryl methyl sites for hydroxylation is 1. The van der Waals surface area contributed by atoms with Gasteiger partial charge in [-0.2, -0.15) is 0 Å². The van der Waals surface area contributed by atoms with Gasteiger partial charge in [-0.1, -0.05) is 31.5 Å². The summed E-state index contributed by atoms with van der Waals surface area (Å²) in [6.07, 6.45) is 0. The van der Waals surface area contributed by atoms with Crippen molar-refractivity contribution < 1.29 is 4.79 Å². The van der Waals surface area contributed by atoms with Crippen LogP contribution in [0.4, 0.5) is 10.8 Å². The number of hydrogen-bond acceptors (Lipinski definition) is 5. The normalized spacial score (nSPS) is 15.5. The number of hydrogen-bond donors (Lipinski definition) is 1. The predicted octanol–water partition coefficient (Wildman–Crippen LogP) is 4.23. The number of nitrogens with one attached hydrogen (secondary N) is 1. The standard InChI is InChI=1S/C19H25ClN4OS/c1-12(2)17-16(18(25)21-15-6-5-13(3)11-14(15)20)22-19(26-17)24-9-7-23(4)8-10-24/h5-6,11-12H,7-10H2,1-4H3,(H,21,25). The molecule has 1 saturated heterocycles. The smallest absolute Gasteiger partial charge is 0.275 e. The van der Waals surface area contributed by atoms with E-state index in [1.807, 2.05) is 25.1 Å². The molecule has 1 aliphatic rings. The second-order valence-electron chi connectivity index (χ2n) is 7.09. The number of thiazole rings is 1. The zero-order valence-electron chi connectivity index (χ0n) is 15.7. The van der Waals surface area contributed by atoms with Gasteiger partial charge in [-0.25, -0.2) is 4.98 Å². The zero-order valence-corrected chi connectivity index (χ0v) is 17.2. The summed E-state index contributed by atoms with van der Waals surface area (Å²) >= 11 is 7.88. The van der Waals surface area contributed by atoms with Crippen molar-refractivity contribution in [2.24, 2.45) is 0 Å². The second-order valence-corrected chi connectivity index (χ2v) is 8.51. The van der Waals surface area contributed by atoms with Crippen molar-refractivity contribution in [3.05, 3.63) is 39.4 Å². The molecule has 0 atom stereocenters. The molecule has 26 heavy (non-hydrogen) atoms. The lowest BCUT2D eigenvalue weighted by atomic mass is 10.1. The molecular formula is C19H25ClN4OS. The van der Waals surface area contributed by atoms with Gasteiger partial charge in [0.2, 0.25) is 0 Å². The van der Waals surface area contributed by atoms with Crippen molar-refractivity contribution >= 4 is 39.7 Å². The lowest BCUT2D eigenvalue weighted by molar-refractivity contribution is 0.102. The van der Waals surface area contributed by atoms with E-state index in [1.165, 1.54) is 0 Å². The van der Waals surface area contributed by atoms with E-state index in [4.69, 9.17) is 16.6 Å².